The van der Waals surface area contributed by atoms with Gasteiger partial charge in [-0.2, -0.15) is 0 Å². The van der Waals surface area contributed by atoms with Crippen molar-refractivity contribution in [2.75, 3.05) is 6.54 Å². The lowest BCUT2D eigenvalue weighted by Crippen LogP contribution is -2.34. The number of allylic oxidation sites excluding steroid dienone is 2. The first-order valence-electron chi connectivity index (χ1n) is 7.29. The third-order valence-electron chi connectivity index (χ3n) is 3.93. The molecule has 0 bridgehead atoms. The van der Waals surface area contributed by atoms with Gasteiger partial charge >= 0.3 is 0 Å². The lowest BCUT2D eigenvalue weighted by atomic mass is 9.92. The molecule has 0 aliphatic heterocycles. The monoisotopic (exact) mass is 257 g/mol. The molecule has 1 aromatic carbocycles. The first-order chi connectivity index (χ1) is 9.31. The zero-order valence-corrected chi connectivity index (χ0v) is 11.6. The zero-order chi connectivity index (χ0) is 13.5. The van der Waals surface area contributed by atoms with Crippen LogP contribution >= 0.6 is 0 Å². The van der Waals surface area contributed by atoms with E-state index in [9.17, 15) is 4.79 Å². The number of rotatable bonds is 5. The van der Waals surface area contributed by atoms with E-state index in [2.05, 4.69) is 48.7 Å². The van der Waals surface area contributed by atoms with Crippen molar-refractivity contribution < 1.29 is 4.79 Å². The second-order valence-corrected chi connectivity index (χ2v) is 5.24. The number of amides is 1. The van der Waals surface area contributed by atoms with Gasteiger partial charge in [0.25, 0.3) is 0 Å². The Balaban J connectivity index is 1.86. The maximum atomic E-state index is 12.1. The van der Waals surface area contributed by atoms with Crippen molar-refractivity contribution in [3.63, 3.8) is 0 Å². The third-order valence-corrected chi connectivity index (χ3v) is 3.93. The summed E-state index contributed by atoms with van der Waals surface area (Å²) in [5, 5.41) is 3.13. The van der Waals surface area contributed by atoms with Crippen molar-refractivity contribution in [1.29, 1.82) is 0 Å². The fourth-order valence-corrected chi connectivity index (χ4v) is 2.62. The van der Waals surface area contributed by atoms with Crippen LogP contribution in [0.1, 0.15) is 44.1 Å². The summed E-state index contributed by atoms with van der Waals surface area (Å²) in [6.07, 6.45) is 8.27. The highest BCUT2D eigenvalue weighted by Crippen LogP contribution is 2.20. The second kappa shape index (κ2) is 7.13. The van der Waals surface area contributed by atoms with Gasteiger partial charge in [0.2, 0.25) is 5.91 Å². The van der Waals surface area contributed by atoms with Gasteiger partial charge in [-0.05, 0) is 31.2 Å². The molecule has 1 amide bonds. The first-order valence-corrected chi connectivity index (χ1v) is 7.29. The van der Waals surface area contributed by atoms with Crippen molar-refractivity contribution in [2.45, 2.75) is 38.5 Å². The lowest BCUT2D eigenvalue weighted by molar-refractivity contribution is -0.125. The molecule has 0 heterocycles. The molecule has 0 spiro atoms. The largest absolute Gasteiger partial charge is 0.355 e. The molecule has 1 aliphatic carbocycles. The molecule has 102 valence electrons. The highest BCUT2D eigenvalue weighted by Gasteiger charge is 2.19. The molecule has 0 saturated heterocycles. The Kier molecular flexibility index (Phi) is 5.20. The van der Waals surface area contributed by atoms with Crippen LogP contribution in [0.3, 0.4) is 0 Å². The average molecular weight is 257 g/mol. The van der Waals surface area contributed by atoms with Crippen molar-refractivity contribution in [1.82, 2.24) is 5.32 Å². The van der Waals surface area contributed by atoms with Crippen molar-refractivity contribution in [3.05, 3.63) is 48.0 Å². The maximum Gasteiger partial charge on any atom is 0.223 e. The van der Waals surface area contributed by atoms with Gasteiger partial charge < -0.3 is 5.32 Å². The Labute approximate surface area is 115 Å². The van der Waals surface area contributed by atoms with E-state index in [1.165, 1.54) is 5.56 Å². The van der Waals surface area contributed by atoms with E-state index in [1.54, 1.807) is 0 Å². The molecule has 0 saturated carbocycles. The summed E-state index contributed by atoms with van der Waals surface area (Å²) in [4.78, 5) is 12.1. The minimum atomic E-state index is 0.179. The average Bonchev–Trinajstić information content (AvgIpc) is 2.49. The number of carbonyl (C=O) groups is 1. The van der Waals surface area contributed by atoms with Gasteiger partial charge in [-0.1, -0.05) is 49.4 Å². The summed E-state index contributed by atoms with van der Waals surface area (Å²) in [6.45, 7) is 2.92. The first kappa shape index (κ1) is 13.9. The Morgan fingerprint density at radius 3 is 2.74 bits per heavy atom. The Morgan fingerprint density at radius 1 is 1.32 bits per heavy atom. The van der Waals surface area contributed by atoms with E-state index in [0.717, 1.165) is 32.2 Å². The molecule has 0 radical (unpaired) electrons. The molecule has 2 rings (SSSR count). The topological polar surface area (TPSA) is 29.1 Å². The van der Waals surface area contributed by atoms with Crippen LogP contribution in [0.15, 0.2) is 42.5 Å². The Morgan fingerprint density at radius 2 is 2.11 bits per heavy atom. The van der Waals surface area contributed by atoms with Gasteiger partial charge in [-0.15, -0.1) is 0 Å². The van der Waals surface area contributed by atoms with E-state index >= 15 is 0 Å². The molecule has 19 heavy (non-hydrogen) atoms. The van der Waals surface area contributed by atoms with Crippen LogP contribution in [-0.2, 0) is 4.79 Å². The van der Waals surface area contributed by atoms with Gasteiger partial charge in [0.05, 0.1) is 0 Å². The van der Waals surface area contributed by atoms with Gasteiger partial charge in [0.1, 0.15) is 0 Å². The quantitative estimate of drug-likeness (QED) is 0.801. The molecule has 1 aromatic rings. The SMILES string of the molecule is CCC(CNC(=O)C1CC=CCC1)c1ccccc1. The molecule has 1 aliphatic rings. The molecule has 2 unspecified atom stereocenters. The van der Waals surface area contributed by atoms with E-state index in [0.29, 0.717) is 5.92 Å². The minimum Gasteiger partial charge on any atom is -0.355 e. The summed E-state index contributed by atoms with van der Waals surface area (Å²) in [6, 6.07) is 10.4. The zero-order valence-electron chi connectivity index (χ0n) is 11.6. The van der Waals surface area contributed by atoms with Crippen LogP contribution in [0.25, 0.3) is 0 Å². The Hall–Kier alpha value is -1.57. The normalized spacial score (nSPS) is 19.9. The van der Waals surface area contributed by atoms with Gasteiger partial charge in [0.15, 0.2) is 0 Å². The fourth-order valence-electron chi connectivity index (χ4n) is 2.62. The fraction of sp³-hybridized carbons (Fsp3) is 0.471. The maximum absolute atomic E-state index is 12.1. The summed E-state index contributed by atoms with van der Waals surface area (Å²) >= 11 is 0. The minimum absolute atomic E-state index is 0.179. The molecular formula is C17H23NO. The highest BCUT2D eigenvalue weighted by atomic mass is 16.1. The van der Waals surface area contributed by atoms with Crippen molar-refractivity contribution >= 4 is 5.91 Å². The predicted octanol–water partition coefficient (Wildman–Crippen LogP) is 3.65. The van der Waals surface area contributed by atoms with E-state index < -0.39 is 0 Å². The number of benzene rings is 1. The second-order valence-electron chi connectivity index (χ2n) is 5.24. The van der Waals surface area contributed by atoms with E-state index in [1.807, 2.05) is 6.07 Å². The highest BCUT2D eigenvalue weighted by molar-refractivity contribution is 5.79. The van der Waals surface area contributed by atoms with Crippen LogP contribution in [0.2, 0.25) is 0 Å². The summed E-state index contributed by atoms with van der Waals surface area (Å²) in [5.74, 6) is 0.821. The van der Waals surface area contributed by atoms with Gasteiger partial charge in [-0.25, -0.2) is 0 Å². The summed E-state index contributed by atoms with van der Waals surface area (Å²) in [7, 11) is 0. The van der Waals surface area contributed by atoms with Crippen LogP contribution in [0.4, 0.5) is 0 Å². The van der Waals surface area contributed by atoms with Crippen molar-refractivity contribution in [3.8, 4) is 0 Å². The van der Waals surface area contributed by atoms with Crippen molar-refractivity contribution in [2.24, 2.45) is 5.92 Å². The summed E-state index contributed by atoms with van der Waals surface area (Å²) < 4.78 is 0. The smallest absolute Gasteiger partial charge is 0.223 e. The third kappa shape index (κ3) is 3.95. The Bertz CT molecular complexity index is 424. The predicted molar refractivity (Wildman–Crippen MR) is 79.0 cm³/mol. The molecule has 1 N–H and O–H groups in total. The van der Waals surface area contributed by atoms with Gasteiger partial charge in [0, 0.05) is 18.4 Å². The van der Waals surface area contributed by atoms with Gasteiger partial charge in [-0.3, -0.25) is 4.79 Å². The van der Waals surface area contributed by atoms with E-state index in [4.69, 9.17) is 0 Å². The number of carbonyl (C=O) groups excluding carboxylic acids is 1. The van der Waals surface area contributed by atoms with Crippen LogP contribution in [0.5, 0.6) is 0 Å². The molecule has 0 aromatic heterocycles. The van der Waals surface area contributed by atoms with Crippen LogP contribution in [0, 0.1) is 5.92 Å². The molecule has 0 fully saturated rings. The number of hydrogen-bond acceptors (Lipinski definition) is 1. The standard InChI is InChI=1S/C17H23NO/c1-2-14(15-9-5-3-6-10-15)13-18-17(19)16-11-7-4-8-12-16/h3-7,9-10,14,16H,2,8,11-13H2,1H3,(H,18,19). The molecule has 2 heteroatoms. The number of hydrogen-bond donors (Lipinski definition) is 1. The molecule has 2 atom stereocenters. The van der Waals surface area contributed by atoms with Crippen LogP contribution < -0.4 is 5.32 Å². The number of nitrogens with one attached hydrogen (secondary N) is 1. The van der Waals surface area contributed by atoms with E-state index in [-0.39, 0.29) is 11.8 Å². The molecular weight excluding hydrogens is 234 g/mol. The molecule has 2 nitrogen and oxygen atoms in total. The lowest BCUT2D eigenvalue weighted by Gasteiger charge is -2.20. The summed E-state index contributed by atoms with van der Waals surface area (Å²) in [5.41, 5.74) is 1.31. The van der Waals surface area contributed by atoms with Crippen LogP contribution in [-0.4, -0.2) is 12.5 Å².